The van der Waals surface area contributed by atoms with E-state index in [1.165, 1.54) is 6.26 Å². The minimum absolute atomic E-state index is 0.168. The van der Waals surface area contributed by atoms with Gasteiger partial charge in [-0.3, -0.25) is 4.79 Å². The molecule has 1 atom stereocenters. The Morgan fingerprint density at radius 3 is 2.46 bits per heavy atom. The molecular formula is C11H20O2. The third-order valence-corrected chi connectivity index (χ3v) is 2.32. The molecule has 0 aromatic rings. The van der Waals surface area contributed by atoms with Crippen LogP contribution in [-0.4, -0.2) is 5.97 Å². The normalized spacial score (nSPS) is 15.2. The molecule has 0 N–H and O–H groups in total. The fourth-order valence-electron chi connectivity index (χ4n) is 1.49. The van der Waals surface area contributed by atoms with Crippen LogP contribution in [0.4, 0.5) is 0 Å². The lowest BCUT2D eigenvalue weighted by atomic mass is 9.80. The zero-order valence-corrected chi connectivity index (χ0v) is 9.09. The molecule has 2 heteroatoms. The van der Waals surface area contributed by atoms with Gasteiger partial charge in [-0.1, -0.05) is 27.4 Å². The summed E-state index contributed by atoms with van der Waals surface area (Å²) in [7, 11) is 0. The van der Waals surface area contributed by atoms with Crippen molar-refractivity contribution in [2.75, 3.05) is 0 Å². The van der Waals surface area contributed by atoms with Crippen LogP contribution in [0.3, 0.4) is 0 Å². The fourth-order valence-corrected chi connectivity index (χ4v) is 1.49. The molecule has 76 valence electrons. The van der Waals surface area contributed by atoms with Crippen LogP contribution >= 0.6 is 0 Å². The summed E-state index contributed by atoms with van der Waals surface area (Å²) in [5.41, 5.74) is -0.359. The van der Waals surface area contributed by atoms with Crippen LogP contribution in [0, 0.1) is 11.3 Å². The van der Waals surface area contributed by atoms with E-state index < -0.39 is 0 Å². The highest BCUT2D eigenvalue weighted by atomic mass is 16.5. The Morgan fingerprint density at radius 1 is 1.62 bits per heavy atom. The number of rotatable bonds is 5. The van der Waals surface area contributed by atoms with Crippen molar-refractivity contribution < 1.29 is 9.53 Å². The van der Waals surface area contributed by atoms with Gasteiger partial charge >= 0.3 is 5.97 Å². The molecule has 0 aromatic heterocycles. The monoisotopic (exact) mass is 184 g/mol. The number of esters is 1. The van der Waals surface area contributed by atoms with E-state index in [0.29, 0.717) is 5.92 Å². The Morgan fingerprint density at radius 2 is 2.15 bits per heavy atom. The van der Waals surface area contributed by atoms with E-state index >= 15 is 0 Å². The van der Waals surface area contributed by atoms with E-state index in [2.05, 4.69) is 20.4 Å². The molecular weight excluding hydrogens is 164 g/mol. The van der Waals surface area contributed by atoms with Gasteiger partial charge in [0.15, 0.2) is 0 Å². The van der Waals surface area contributed by atoms with Crippen molar-refractivity contribution in [3.63, 3.8) is 0 Å². The number of carbonyl (C=O) groups excluding carboxylic acids is 1. The lowest BCUT2D eigenvalue weighted by molar-refractivity contribution is -0.150. The average Bonchev–Trinajstić information content (AvgIpc) is 2.03. The minimum Gasteiger partial charge on any atom is -0.435 e. The smallest absolute Gasteiger partial charge is 0.316 e. The molecule has 2 nitrogen and oxygen atoms in total. The lowest BCUT2D eigenvalue weighted by Crippen LogP contribution is -2.29. The Labute approximate surface area is 81.0 Å². The molecule has 0 fully saturated rings. The lowest BCUT2D eigenvalue weighted by Gasteiger charge is -2.26. The van der Waals surface area contributed by atoms with E-state index in [0.717, 1.165) is 12.8 Å². The molecule has 0 aliphatic carbocycles. The maximum atomic E-state index is 11.5. The molecule has 0 aliphatic heterocycles. The number of ether oxygens (including phenoxy) is 1. The number of hydrogen-bond acceptors (Lipinski definition) is 2. The second-order valence-corrected chi connectivity index (χ2v) is 4.08. The maximum Gasteiger partial charge on any atom is 0.316 e. The molecule has 0 rings (SSSR count). The summed E-state index contributed by atoms with van der Waals surface area (Å²) < 4.78 is 4.82. The summed E-state index contributed by atoms with van der Waals surface area (Å²) in [5, 5.41) is 0. The van der Waals surface area contributed by atoms with Gasteiger partial charge in [0.25, 0.3) is 0 Å². The summed E-state index contributed by atoms with van der Waals surface area (Å²) >= 11 is 0. The first-order valence-electron chi connectivity index (χ1n) is 4.78. The van der Waals surface area contributed by atoms with E-state index in [9.17, 15) is 4.79 Å². The summed E-state index contributed by atoms with van der Waals surface area (Å²) in [5.74, 6) is 0.334. The van der Waals surface area contributed by atoms with E-state index in [1.54, 1.807) is 0 Å². The third-order valence-electron chi connectivity index (χ3n) is 2.32. The van der Waals surface area contributed by atoms with Gasteiger partial charge in [0.2, 0.25) is 0 Å². The summed E-state index contributed by atoms with van der Waals surface area (Å²) in [6, 6.07) is 0. The second kappa shape index (κ2) is 5.05. The molecule has 0 saturated heterocycles. The Bertz CT molecular complexity index is 185. The van der Waals surface area contributed by atoms with E-state index in [4.69, 9.17) is 4.74 Å². The zero-order chi connectivity index (χ0) is 10.5. The average molecular weight is 184 g/mol. The van der Waals surface area contributed by atoms with Gasteiger partial charge in [-0.25, -0.2) is 0 Å². The van der Waals surface area contributed by atoms with Crippen molar-refractivity contribution in [3.05, 3.63) is 12.8 Å². The highest BCUT2D eigenvalue weighted by Gasteiger charge is 2.33. The largest absolute Gasteiger partial charge is 0.435 e. The summed E-state index contributed by atoms with van der Waals surface area (Å²) in [4.78, 5) is 11.5. The zero-order valence-electron chi connectivity index (χ0n) is 9.09. The van der Waals surface area contributed by atoms with Crippen LogP contribution in [0.5, 0.6) is 0 Å². The Balaban J connectivity index is 4.41. The first-order valence-corrected chi connectivity index (χ1v) is 4.78. The Hall–Kier alpha value is -0.790. The van der Waals surface area contributed by atoms with Crippen LogP contribution in [0.2, 0.25) is 0 Å². The summed E-state index contributed by atoms with van der Waals surface area (Å²) in [6.45, 7) is 11.5. The van der Waals surface area contributed by atoms with Gasteiger partial charge in [0.05, 0.1) is 11.7 Å². The molecule has 13 heavy (non-hydrogen) atoms. The highest BCUT2D eigenvalue weighted by molar-refractivity contribution is 5.76. The van der Waals surface area contributed by atoms with Crippen molar-refractivity contribution in [2.45, 2.75) is 40.5 Å². The molecule has 0 aromatic carbocycles. The molecule has 0 spiro atoms. The van der Waals surface area contributed by atoms with E-state index in [1.807, 2.05) is 13.8 Å². The van der Waals surface area contributed by atoms with Gasteiger partial charge in [0.1, 0.15) is 0 Å². The van der Waals surface area contributed by atoms with Crippen LogP contribution in [0.1, 0.15) is 40.5 Å². The van der Waals surface area contributed by atoms with Crippen LogP contribution < -0.4 is 0 Å². The van der Waals surface area contributed by atoms with Crippen LogP contribution in [0.15, 0.2) is 12.8 Å². The molecule has 0 amide bonds. The number of carbonyl (C=O) groups is 1. The minimum atomic E-state index is -0.359. The van der Waals surface area contributed by atoms with Crippen molar-refractivity contribution in [3.8, 4) is 0 Å². The third kappa shape index (κ3) is 3.62. The highest BCUT2D eigenvalue weighted by Crippen LogP contribution is 2.31. The number of hydrogen-bond donors (Lipinski definition) is 0. The van der Waals surface area contributed by atoms with Crippen molar-refractivity contribution >= 4 is 5.97 Å². The fraction of sp³-hybridized carbons (Fsp3) is 0.727. The summed E-state index contributed by atoms with van der Waals surface area (Å²) in [6.07, 6.45) is 2.87. The van der Waals surface area contributed by atoms with E-state index in [-0.39, 0.29) is 11.4 Å². The van der Waals surface area contributed by atoms with Crippen molar-refractivity contribution in [2.24, 2.45) is 11.3 Å². The molecule has 0 heterocycles. The molecule has 0 aliphatic rings. The van der Waals surface area contributed by atoms with Crippen LogP contribution in [-0.2, 0) is 9.53 Å². The SMILES string of the molecule is C=COC(=O)[C@](C)(CC)CC(C)C. The Kier molecular flexibility index (Phi) is 4.74. The van der Waals surface area contributed by atoms with Crippen LogP contribution in [0.25, 0.3) is 0 Å². The van der Waals surface area contributed by atoms with Gasteiger partial charge in [-0.05, 0) is 25.7 Å². The molecule has 0 radical (unpaired) electrons. The molecule has 0 saturated carbocycles. The van der Waals surface area contributed by atoms with Crippen molar-refractivity contribution in [1.82, 2.24) is 0 Å². The van der Waals surface area contributed by atoms with Gasteiger partial charge in [-0.15, -0.1) is 0 Å². The van der Waals surface area contributed by atoms with Gasteiger partial charge in [-0.2, -0.15) is 0 Å². The maximum absolute atomic E-state index is 11.5. The van der Waals surface area contributed by atoms with Gasteiger partial charge in [0, 0.05) is 0 Å². The molecule has 0 bridgehead atoms. The predicted octanol–water partition coefficient (Wildman–Crippen LogP) is 3.14. The standard InChI is InChI=1S/C11H20O2/c1-6-11(5,8-9(3)4)10(12)13-7-2/h7,9H,2,6,8H2,1,3-5H3/t11-/m1/s1. The van der Waals surface area contributed by atoms with Crippen molar-refractivity contribution in [1.29, 1.82) is 0 Å². The quantitative estimate of drug-likeness (QED) is 0.484. The molecule has 0 unspecified atom stereocenters. The first kappa shape index (κ1) is 12.2. The predicted molar refractivity (Wildman–Crippen MR) is 54.1 cm³/mol. The van der Waals surface area contributed by atoms with Gasteiger partial charge < -0.3 is 4.74 Å². The second-order valence-electron chi connectivity index (χ2n) is 4.08. The topological polar surface area (TPSA) is 26.3 Å². The first-order chi connectivity index (χ1) is 5.96.